The molecule has 0 amide bonds. The fraction of sp³-hybridized carbons (Fsp3) is 0.438. The number of aliphatic carboxylic acids is 1. The molecule has 1 aromatic carbocycles. The van der Waals surface area contributed by atoms with Crippen molar-refractivity contribution in [1.29, 1.82) is 0 Å². The van der Waals surface area contributed by atoms with Gasteiger partial charge in [0.1, 0.15) is 11.3 Å². The first-order valence-corrected chi connectivity index (χ1v) is 6.77. The smallest absolute Gasteiger partial charge is 0.314 e. The van der Waals surface area contributed by atoms with Crippen molar-refractivity contribution in [3.05, 3.63) is 35.6 Å². The molecule has 1 aliphatic carbocycles. The van der Waals surface area contributed by atoms with Gasteiger partial charge in [0.15, 0.2) is 0 Å². The van der Waals surface area contributed by atoms with Crippen LogP contribution in [0.5, 0.6) is 0 Å². The van der Waals surface area contributed by atoms with Gasteiger partial charge in [0.05, 0.1) is 5.41 Å². The summed E-state index contributed by atoms with van der Waals surface area (Å²) in [5.74, 6) is 0.803. The molecule has 1 saturated carbocycles. The Bertz CT molecular complexity index is 632. The minimum atomic E-state index is -0.721. The van der Waals surface area contributed by atoms with E-state index in [0.717, 1.165) is 41.6 Å². The molecule has 3 nitrogen and oxygen atoms in total. The summed E-state index contributed by atoms with van der Waals surface area (Å²) in [5, 5.41) is 10.4. The van der Waals surface area contributed by atoms with E-state index in [1.807, 2.05) is 18.2 Å². The van der Waals surface area contributed by atoms with E-state index in [0.29, 0.717) is 5.92 Å². The lowest BCUT2D eigenvalue weighted by molar-refractivity contribution is -0.140. The Morgan fingerprint density at radius 1 is 1.37 bits per heavy atom. The first-order chi connectivity index (χ1) is 9.01. The predicted molar refractivity (Wildman–Crippen MR) is 73.3 cm³/mol. The zero-order valence-electron chi connectivity index (χ0n) is 11.3. The summed E-state index contributed by atoms with van der Waals surface area (Å²) in [6.45, 7) is 4.31. The highest BCUT2D eigenvalue weighted by atomic mass is 16.4. The number of carbonyl (C=O) groups is 1. The van der Waals surface area contributed by atoms with E-state index in [9.17, 15) is 9.90 Å². The van der Waals surface area contributed by atoms with Gasteiger partial charge in [0, 0.05) is 11.8 Å². The van der Waals surface area contributed by atoms with Gasteiger partial charge >= 0.3 is 5.97 Å². The van der Waals surface area contributed by atoms with Gasteiger partial charge in [0.2, 0.25) is 0 Å². The molecule has 1 N–H and O–H groups in total. The number of benzene rings is 1. The normalized spacial score (nSPS) is 17.0. The molecule has 1 aliphatic rings. The second-order valence-corrected chi connectivity index (χ2v) is 5.95. The van der Waals surface area contributed by atoms with E-state index < -0.39 is 11.4 Å². The molecule has 19 heavy (non-hydrogen) atoms. The highest BCUT2D eigenvalue weighted by Gasteiger charge is 2.51. The number of hydrogen-bond acceptors (Lipinski definition) is 2. The Labute approximate surface area is 112 Å². The number of fused-ring (bicyclic) bond motifs is 1. The third-order valence-electron chi connectivity index (χ3n) is 3.89. The highest BCUT2D eigenvalue weighted by Crippen LogP contribution is 2.49. The maximum atomic E-state index is 11.3. The molecule has 0 radical (unpaired) electrons. The van der Waals surface area contributed by atoms with Gasteiger partial charge in [-0.25, -0.2) is 0 Å². The summed E-state index contributed by atoms with van der Waals surface area (Å²) in [6.07, 6.45) is 2.37. The second-order valence-electron chi connectivity index (χ2n) is 5.95. The molecule has 0 bridgehead atoms. The van der Waals surface area contributed by atoms with Gasteiger partial charge in [-0.1, -0.05) is 26.0 Å². The number of hydrogen-bond donors (Lipinski definition) is 1. The molecule has 1 aromatic heterocycles. The summed E-state index contributed by atoms with van der Waals surface area (Å²) in [4.78, 5) is 11.3. The lowest BCUT2D eigenvalue weighted by Gasteiger charge is -2.09. The van der Waals surface area contributed by atoms with E-state index in [2.05, 4.69) is 19.9 Å². The molecular weight excluding hydrogens is 240 g/mol. The lowest BCUT2D eigenvalue weighted by atomic mass is 9.95. The number of rotatable bonds is 4. The van der Waals surface area contributed by atoms with Crippen LogP contribution in [0.1, 0.15) is 38.0 Å². The van der Waals surface area contributed by atoms with Crippen LogP contribution >= 0.6 is 0 Å². The van der Waals surface area contributed by atoms with Crippen molar-refractivity contribution in [2.24, 2.45) is 5.92 Å². The third kappa shape index (κ3) is 2.03. The maximum absolute atomic E-state index is 11.3. The monoisotopic (exact) mass is 258 g/mol. The molecular formula is C16H18O3. The molecule has 0 spiro atoms. The van der Waals surface area contributed by atoms with Crippen LogP contribution in [0.4, 0.5) is 0 Å². The predicted octanol–water partition coefficient (Wildman–Crippen LogP) is 3.75. The van der Waals surface area contributed by atoms with Crippen molar-refractivity contribution in [2.45, 2.75) is 38.5 Å². The van der Waals surface area contributed by atoms with Crippen molar-refractivity contribution >= 4 is 16.9 Å². The minimum Gasteiger partial charge on any atom is -0.481 e. The van der Waals surface area contributed by atoms with Gasteiger partial charge in [0.25, 0.3) is 0 Å². The van der Waals surface area contributed by atoms with Gasteiger partial charge in [-0.15, -0.1) is 0 Å². The van der Waals surface area contributed by atoms with Gasteiger partial charge in [-0.2, -0.15) is 0 Å². The van der Waals surface area contributed by atoms with Crippen LogP contribution in [-0.4, -0.2) is 11.1 Å². The van der Waals surface area contributed by atoms with Crippen LogP contribution in [0.25, 0.3) is 11.0 Å². The molecule has 100 valence electrons. The zero-order chi connectivity index (χ0) is 13.6. The van der Waals surface area contributed by atoms with Gasteiger partial charge < -0.3 is 9.52 Å². The molecule has 2 aromatic rings. The number of carboxylic acids is 1. The number of furan rings is 1. The molecule has 0 saturated heterocycles. The van der Waals surface area contributed by atoms with Crippen LogP contribution in [0.2, 0.25) is 0 Å². The van der Waals surface area contributed by atoms with Crippen LogP contribution in [0.3, 0.4) is 0 Å². The molecule has 0 aliphatic heterocycles. The Morgan fingerprint density at radius 2 is 2.11 bits per heavy atom. The minimum absolute atomic E-state index is 0.550. The first-order valence-electron chi connectivity index (χ1n) is 6.77. The van der Waals surface area contributed by atoms with Crippen molar-refractivity contribution in [1.82, 2.24) is 0 Å². The van der Waals surface area contributed by atoms with E-state index in [1.165, 1.54) is 0 Å². The van der Waals surface area contributed by atoms with E-state index in [4.69, 9.17) is 4.42 Å². The fourth-order valence-electron chi connectivity index (χ4n) is 2.64. The molecule has 3 rings (SSSR count). The van der Waals surface area contributed by atoms with Crippen molar-refractivity contribution < 1.29 is 14.3 Å². The van der Waals surface area contributed by atoms with Crippen LogP contribution in [0, 0.1) is 5.92 Å². The third-order valence-corrected chi connectivity index (χ3v) is 3.89. The van der Waals surface area contributed by atoms with Crippen LogP contribution in [0.15, 0.2) is 28.7 Å². The summed E-state index contributed by atoms with van der Waals surface area (Å²) in [5.41, 5.74) is 1.03. The topological polar surface area (TPSA) is 50.4 Å². The summed E-state index contributed by atoms with van der Waals surface area (Å²) >= 11 is 0. The average molecular weight is 258 g/mol. The fourth-order valence-corrected chi connectivity index (χ4v) is 2.64. The van der Waals surface area contributed by atoms with E-state index in [1.54, 1.807) is 0 Å². The average Bonchev–Trinajstić information content (AvgIpc) is 3.04. The molecule has 1 heterocycles. The maximum Gasteiger partial charge on any atom is 0.314 e. The van der Waals surface area contributed by atoms with Gasteiger partial charge in [-0.05, 0) is 36.5 Å². The quantitative estimate of drug-likeness (QED) is 0.908. The molecule has 0 unspecified atom stereocenters. The van der Waals surface area contributed by atoms with Crippen molar-refractivity contribution in [3.63, 3.8) is 0 Å². The Balaban J connectivity index is 1.99. The molecule has 1 fully saturated rings. The van der Waals surface area contributed by atoms with Gasteiger partial charge in [-0.3, -0.25) is 4.79 Å². The summed E-state index contributed by atoms with van der Waals surface area (Å²) < 4.78 is 5.83. The Kier molecular flexibility index (Phi) is 2.66. The SMILES string of the molecule is CC(C)Cc1cc2ccc(C3(C(=O)O)CC3)cc2o1. The highest BCUT2D eigenvalue weighted by molar-refractivity contribution is 5.87. The van der Waals surface area contributed by atoms with Crippen LogP contribution < -0.4 is 0 Å². The second kappa shape index (κ2) is 4.12. The largest absolute Gasteiger partial charge is 0.481 e. The number of carboxylic acid groups (broad SMARTS) is 1. The standard InChI is InChI=1S/C16H18O3/c1-10(2)7-13-8-11-3-4-12(9-14(11)19-13)16(5-6-16)15(17)18/h3-4,8-10H,5-7H2,1-2H3,(H,17,18). The summed E-state index contributed by atoms with van der Waals surface area (Å²) in [7, 11) is 0. The molecule has 0 atom stereocenters. The lowest BCUT2D eigenvalue weighted by Crippen LogP contribution is -2.19. The summed E-state index contributed by atoms with van der Waals surface area (Å²) in [6, 6.07) is 7.86. The molecule has 3 heteroatoms. The van der Waals surface area contributed by atoms with Crippen molar-refractivity contribution in [2.75, 3.05) is 0 Å². The Morgan fingerprint density at radius 3 is 2.68 bits per heavy atom. The van der Waals surface area contributed by atoms with Crippen molar-refractivity contribution in [3.8, 4) is 0 Å². The van der Waals surface area contributed by atoms with Crippen LogP contribution in [-0.2, 0) is 16.6 Å². The Hall–Kier alpha value is -1.77. The van der Waals surface area contributed by atoms with E-state index in [-0.39, 0.29) is 0 Å². The first kappa shape index (κ1) is 12.3. The zero-order valence-corrected chi connectivity index (χ0v) is 11.3. The van der Waals surface area contributed by atoms with E-state index >= 15 is 0 Å².